The van der Waals surface area contributed by atoms with Gasteiger partial charge in [-0.3, -0.25) is 4.79 Å². The molecule has 144 valence electrons. The molecule has 0 fully saturated rings. The van der Waals surface area contributed by atoms with E-state index in [0.717, 1.165) is 27.5 Å². The van der Waals surface area contributed by atoms with Crippen LogP contribution < -0.4 is 5.43 Å². The molecule has 3 rings (SSSR count). The van der Waals surface area contributed by atoms with Gasteiger partial charge in [-0.1, -0.05) is 29.8 Å². The predicted octanol–water partition coefficient (Wildman–Crippen LogP) is 5.38. The van der Waals surface area contributed by atoms with Crippen LogP contribution >= 0.6 is 23.4 Å². The third kappa shape index (κ3) is 4.86. The SMILES string of the molecule is Cc1cc(/C=N/NC(=O)C(C)Sc2ccc(Cl)cc2)c(C)n1-c1ccccc1. The van der Waals surface area contributed by atoms with Crippen LogP contribution in [0.1, 0.15) is 23.9 Å². The van der Waals surface area contributed by atoms with Gasteiger partial charge in [0.1, 0.15) is 0 Å². The lowest BCUT2D eigenvalue weighted by atomic mass is 10.2. The minimum atomic E-state index is -0.268. The average Bonchev–Trinajstić information content (AvgIpc) is 2.97. The van der Waals surface area contributed by atoms with Gasteiger partial charge in [-0.2, -0.15) is 5.10 Å². The molecule has 1 aromatic heterocycles. The molecule has 0 spiro atoms. The maximum absolute atomic E-state index is 12.3. The summed E-state index contributed by atoms with van der Waals surface area (Å²) in [6.07, 6.45) is 1.69. The number of nitrogens with one attached hydrogen (secondary N) is 1. The second-order valence-electron chi connectivity index (χ2n) is 6.45. The van der Waals surface area contributed by atoms with E-state index < -0.39 is 0 Å². The molecule has 1 amide bonds. The summed E-state index contributed by atoms with van der Waals surface area (Å²) < 4.78 is 2.17. The highest BCUT2D eigenvalue weighted by atomic mass is 35.5. The van der Waals surface area contributed by atoms with E-state index in [1.165, 1.54) is 11.8 Å². The zero-order valence-corrected chi connectivity index (χ0v) is 17.6. The van der Waals surface area contributed by atoms with Gasteiger partial charge in [0.05, 0.1) is 11.5 Å². The van der Waals surface area contributed by atoms with E-state index in [4.69, 9.17) is 11.6 Å². The van der Waals surface area contributed by atoms with Gasteiger partial charge in [-0.15, -0.1) is 11.8 Å². The van der Waals surface area contributed by atoms with Crippen molar-refractivity contribution in [2.24, 2.45) is 5.10 Å². The zero-order chi connectivity index (χ0) is 20.1. The van der Waals surface area contributed by atoms with Crippen LogP contribution in [0.3, 0.4) is 0 Å². The lowest BCUT2D eigenvalue weighted by Crippen LogP contribution is -2.26. The fraction of sp³-hybridized carbons (Fsp3) is 0.182. The van der Waals surface area contributed by atoms with Gasteiger partial charge in [0.2, 0.25) is 0 Å². The molecule has 1 atom stereocenters. The number of thioether (sulfide) groups is 1. The fourth-order valence-corrected chi connectivity index (χ4v) is 3.91. The molecule has 0 radical (unpaired) electrons. The molecule has 0 aliphatic heterocycles. The third-order valence-electron chi connectivity index (χ3n) is 4.36. The van der Waals surface area contributed by atoms with Crippen LogP contribution in [0.25, 0.3) is 5.69 Å². The molecule has 4 nitrogen and oxygen atoms in total. The summed E-state index contributed by atoms with van der Waals surface area (Å²) in [6.45, 7) is 5.95. The molecule has 6 heteroatoms. The molecule has 0 saturated heterocycles. The number of benzene rings is 2. The molecule has 0 bridgehead atoms. The first-order valence-corrected chi connectivity index (χ1v) is 10.2. The number of aryl methyl sites for hydroxylation is 1. The summed E-state index contributed by atoms with van der Waals surface area (Å²) in [5.74, 6) is -0.145. The van der Waals surface area contributed by atoms with Crippen LogP contribution in [0, 0.1) is 13.8 Å². The summed E-state index contributed by atoms with van der Waals surface area (Å²) in [4.78, 5) is 13.3. The van der Waals surface area contributed by atoms with E-state index in [2.05, 4.69) is 40.2 Å². The largest absolute Gasteiger partial charge is 0.318 e. The van der Waals surface area contributed by atoms with Crippen molar-refractivity contribution in [2.75, 3.05) is 0 Å². The van der Waals surface area contributed by atoms with Crippen molar-refractivity contribution < 1.29 is 4.79 Å². The van der Waals surface area contributed by atoms with Gasteiger partial charge < -0.3 is 4.57 Å². The van der Waals surface area contributed by atoms with E-state index in [9.17, 15) is 4.79 Å². The van der Waals surface area contributed by atoms with Gasteiger partial charge in [0.25, 0.3) is 5.91 Å². The Labute approximate surface area is 174 Å². The molecule has 28 heavy (non-hydrogen) atoms. The molecule has 0 aliphatic rings. The summed E-state index contributed by atoms with van der Waals surface area (Å²) in [6, 6.07) is 19.7. The molecule has 0 saturated carbocycles. The number of hydrogen-bond acceptors (Lipinski definition) is 3. The molecule has 2 aromatic carbocycles. The second-order valence-corrected chi connectivity index (χ2v) is 8.30. The lowest BCUT2D eigenvalue weighted by molar-refractivity contribution is -0.120. The van der Waals surface area contributed by atoms with Crippen LogP contribution in [-0.4, -0.2) is 21.9 Å². The Bertz CT molecular complexity index is 981. The third-order valence-corrected chi connectivity index (χ3v) is 5.72. The Morgan fingerprint density at radius 2 is 1.82 bits per heavy atom. The summed E-state index contributed by atoms with van der Waals surface area (Å²) in [5.41, 5.74) is 6.90. The van der Waals surface area contributed by atoms with Gasteiger partial charge in [-0.25, -0.2) is 5.43 Å². The highest BCUT2D eigenvalue weighted by Gasteiger charge is 2.14. The predicted molar refractivity (Wildman–Crippen MR) is 118 cm³/mol. The van der Waals surface area contributed by atoms with Crippen LogP contribution in [0.4, 0.5) is 0 Å². The van der Waals surface area contributed by atoms with Crippen LogP contribution in [0.2, 0.25) is 5.02 Å². The van der Waals surface area contributed by atoms with Crippen molar-refractivity contribution >= 4 is 35.5 Å². The molecule has 1 N–H and O–H groups in total. The highest BCUT2D eigenvalue weighted by molar-refractivity contribution is 8.00. The second kappa shape index (κ2) is 9.13. The molecular weight excluding hydrogens is 390 g/mol. The van der Waals surface area contributed by atoms with Crippen molar-refractivity contribution in [3.63, 3.8) is 0 Å². The number of amides is 1. The summed E-state index contributed by atoms with van der Waals surface area (Å²) in [5, 5.41) is 4.57. The monoisotopic (exact) mass is 411 g/mol. The van der Waals surface area contributed by atoms with Crippen molar-refractivity contribution in [3.05, 3.63) is 82.6 Å². The number of aromatic nitrogens is 1. The van der Waals surface area contributed by atoms with Gasteiger partial charge in [0.15, 0.2) is 0 Å². The number of rotatable bonds is 6. The number of para-hydroxylation sites is 1. The fourth-order valence-electron chi connectivity index (χ4n) is 2.92. The smallest absolute Gasteiger partial charge is 0.253 e. The number of halogens is 1. The maximum Gasteiger partial charge on any atom is 0.253 e. The van der Waals surface area contributed by atoms with Crippen molar-refractivity contribution in [3.8, 4) is 5.69 Å². The van der Waals surface area contributed by atoms with E-state index in [-0.39, 0.29) is 11.2 Å². The molecule has 0 aliphatic carbocycles. The minimum Gasteiger partial charge on any atom is -0.318 e. The first-order valence-electron chi connectivity index (χ1n) is 8.95. The van der Waals surface area contributed by atoms with Gasteiger partial charge in [0, 0.05) is 32.6 Å². The standard InChI is InChI=1S/C22H22ClN3OS/c1-15-13-18(16(2)26(15)20-7-5-4-6-8-20)14-24-25-22(27)17(3)28-21-11-9-19(23)10-12-21/h4-14,17H,1-3H3,(H,25,27)/b24-14+. The average molecular weight is 412 g/mol. The van der Waals surface area contributed by atoms with Crippen LogP contribution in [0.15, 0.2) is 70.7 Å². The Hall–Kier alpha value is -2.50. The van der Waals surface area contributed by atoms with Crippen molar-refractivity contribution in [1.82, 2.24) is 9.99 Å². The van der Waals surface area contributed by atoms with E-state index >= 15 is 0 Å². The molecular formula is C22H22ClN3OS. The normalized spacial score (nSPS) is 12.3. The first-order chi connectivity index (χ1) is 13.5. The lowest BCUT2D eigenvalue weighted by Gasteiger charge is -2.09. The summed E-state index contributed by atoms with van der Waals surface area (Å²) >= 11 is 7.36. The van der Waals surface area contributed by atoms with Crippen molar-refractivity contribution in [1.29, 1.82) is 0 Å². The van der Waals surface area contributed by atoms with Gasteiger partial charge in [-0.05, 0) is 63.2 Å². The molecule has 3 aromatic rings. The Morgan fingerprint density at radius 3 is 2.50 bits per heavy atom. The minimum absolute atomic E-state index is 0.145. The van der Waals surface area contributed by atoms with Crippen molar-refractivity contribution in [2.45, 2.75) is 30.9 Å². The quantitative estimate of drug-likeness (QED) is 0.336. The number of nitrogens with zero attached hydrogens (tertiary/aromatic N) is 2. The molecule has 1 unspecified atom stereocenters. The molecule has 1 heterocycles. The maximum atomic E-state index is 12.3. The zero-order valence-electron chi connectivity index (χ0n) is 16.0. The van der Waals surface area contributed by atoms with Gasteiger partial charge >= 0.3 is 0 Å². The Balaban J connectivity index is 1.64. The number of hydrogen-bond donors (Lipinski definition) is 1. The topological polar surface area (TPSA) is 46.4 Å². The Kier molecular flexibility index (Phi) is 6.60. The van der Waals surface area contributed by atoms with E-state index in [1.54, 1.807) is 6.21 Å². The van der Waals surface area contributed by atoms with E-state index in [0.29, 0.717) is 5.02 Å². The summed E-state index contributed by atoms with van der Waals surface area (Å²) in [7, 11) is 0. The number of hydrazone groups is 1. The van der Waals surface area contributed by atoms with Crippen LogP contribution in [0.5, 0.6) is 0 Å². The first kappa shape index (κ1) is 20.2. The number of carbonyl (C=O) groups is 1. The van der Waals surface area contributed by atoms with Crippen LogP contribution in [-0.2, 0) is 4.79 Å². The highest BCUT2D eigenvalue weighted by Crippen LogP contribution is 2.24. The number of carbonyl (C=O) groups excluding carboxylic acids is 1. The van der Waals surface area contributed by atoms with E-state index in [1.807, 2.05) is 56.3 Å². The Morgan fingerprint density at radius 1 is 1.14 bits per heavy atom.